The largest absolute Gasteiger partial charge is 0.394 e. The number of aliphatic hydroxyl groups excluding tert-OH is 1. The highest BCUT2D eigenvalue weighted by atomic mass is 32.2. The molecule has 0 heterocycles. The van der Waals surface area contributed by atoms with E-state index in [4.69, 9.17) is 11.1 Å². The van der Waals surface area contributed by atoms with Crippen molar-refractivity contribution in [2.45, 2.75) is 37.2 Å². The van der Waals surface area contributed by atoms with Gasteiger partial charge in [0, 0.05) is 17.9 Å². The molecule has 2 atom stereocenters. The number of aliphatic hydroxyl groups is 1. The molecule has 0 aliphatic rings. The van der Waals surface area contributed by atoms with Crippen LogP contribution in [0.4, 0.5) is 0 Å². The van der Waals surface area contributed by atoms with Crippen molar-refractivity contribution in [3.63, 3.8) is 0 Å². The normalized spacial score (nSPS) is 12.4. The molecule has 0 bridgehead atoms. The number of nitrogens with one attached hydrogen (secondary N) is 4. The number of benzene rings is 3. The lowest BCUT2D eigenvalue weighted by atomic mass is 10.0. The van der Waals surface area contributed by atoms with Gasteiger partial charge in [0.1, 0.15) is 17.9 Å². The lowest BCUT2D eigenvalue weighted by Crippen LogP contribution is -2.53. The first-order valence-electron chi connectivity index (χ1n) is 12.0. The number of nitrogen functional groups attached to an aromatic ring is 1. The monoisotopic (exact) mass is 519 g/mol. The second-order valence-corrected chi connectivity index (χ2v) is 9.35. The number of nitrogens with two attached hydrogens (primary N) is 1. The van der Waals surface area contributed by atoms with Crippen molar-refractivity contribution in [2.24, 2.45) is 5.73 Å². The van der Waals surface area contributed by atoms with Gasteiger partial charge in [-0.15, -0.1) is 0 Å². The fraction of sp³-hybridized carbons (Fsp3) is 0.250. The minimum absolute atomic E-state index is 0.0201. The maximum Gasteiger partial charge on any atom is 0.242 e. The highest BCUT2D eigenvalue weighted by Gasteiger charge is 2.25. The number of amides is 2. The lowest BCUT2D eigenvalue weighted by molar-refractivity contribution is -0.130. The summed E-state index contributed by atoms with van der Waals surface area (Å²) in [7, 11) is 0. The van der Waals surface area contributed by atoms with Crippen LogP contribution in [-0.2, 0) is 28.3 Å². The summed E-state index contributed by atoms with van der Waals surface area (Å²) in [4.78, 5) is 26.0. The van der Waals surface area contributed by atoms with Crippen LogP contribution < -0.4 is 21.1 Å². The van der Waals surface area contributed by atoms with Gasteiger partial charge in [-0.2, -0.15) is 0 Å². The van der Waals surface area contributed by atoms with E-state index in [0.29, 0.717) is 24.2 Å². The third kappa shape index (κ3) is 9.38. The van der Waals surface area contributed by atoms with Crippen LogP contribution in [0.2, 0.25) is 0 Å². The van der Waals surface area contributed by atoms with E-state index >= 15 is 0 Å². The van der Waals surface area contributed by atoms with Crippen molar-refractivity contribution in [3.8, 4) is 0 Å². The Balaban J connectivity index is 1.60. The first-order valence-corrected chi connectivity index (χ1v) is 13.0. The molecule has 9 heteroatoms. The average molecular weight is 520 g/mol. The minimum Gasteiger partial charge on any atom is -0.394 e. The lowest BCUT2D eigenvalue weighted by Gasteiger charge is -2.22. The van der Waals surface area contributed by atoms with E-state index in [1.54, 1.807) is 24.3 Å². The molecule has 3 aromatic carbocycles. The molecule has 0 saturated carbocycles. The van der Waals surface area contributed by atoms with Crippen LogP contribution in [0.25, 0.3) is 0 Å². The molecule has 3 aromatic rings. The standard InChI is InChI=1S/C28H33N5O3S/c29-26(30)23-14-11-21(12-15-23)17-31-27(35)24(16-13-20-7-3-1-4-8-20)32-28(36)25(18-34)33-37-19-22-9-5-2-6-10-22/h1-12,14-15,24-25,33-34H,13,16-19H2,(H3,29,30)(H,31,35)(H,32,36). The zero-order valence-corrected chi connectivity index (χ0v) is 21.3. The molecule has 0 saturated heterocycles. The number of aryl methyl sites for hydroxylation is 1. The molecular weight excluding hydrogens is 486 g/mol. The SMILES string of the molecule is N=C(N)c1ccc(CNC(=O)C(CCc2ccccc2)NC(=O)C(CO)NSCc2ccccc2)cc1. The molecule has 0 spiro atoms. The molecule has 7 N–H and O–H groups in total. The molecule has 0 aliphatic heterocycles. The Morgan fingerprint density at radius 3 is 2.05 bits per heavy atom. The Labute approximate surface area is 221 Å². The maximum atomic E-state index is 13.1. The Kier molecular flexibility index (Phi) is 11.2. The summed E-state index contributed by atoms with van der Waals surface area (Å²) >= 11 is 1.33. The highest BCUT2D eigenvalue weighted by molar-refractivity contribution is 7.96. The summed E-state index contributed by atoms with van der Waals surface area (Å²) in [6.45, 7) is -0.132. The van der Waals surface area contributed by atoms with Crippen molar-refractivity contribution in [1.29, 1.82) is 5.41 Å². The Morgan fingerprint density at radius 2 is 1.46 bits per heavy atom. The van der Waals surface area contributed by atoms with E-state index in [-0.39, 0.29) is 18.3 Å². The summed E-state index contributed by atoms with van der Waals surface area (Å²) in [6.07, 6.45) is 1.01. The van der Waals surface area contributed by atoms with Crippen LogP contribution in [0.5, 0.6) is 0 Å². The Hall–Kier alpha value is -3.66. The van der Waals surface area contributed by atoms with Gasteiger partial charge in [0.25, 0.3) is 0 Å². The smallest absolute Gasteiger partial charge is 0.242 e. The van der Waals surface area contributed by atoms with Crippen LogP contribution in [0.15, 0.2) is 84.9 Å². The third-order valence-electron chi connectivity index (χ3n) is 5.74. The quantitative estimate of drug-likeness (QED) is 0.110. The second-order valence-electron chi connectivity index (χ2n) is 8.54. The number of carbonyl (C=O) groups is 2. The third-order valence-corrected chi connectivity index (χ3v) is 6.66. The topological polar surface area (TPSA) is 140 Å². The molecule has 0 fully saturated rings. The molecule has 0 radical (unpaired) electrons. The van der Waals surface area contributed by atoms with Crippen molar-refractivity contribution < 1.29 is 14.7 Å². The molecule has 8 nitrogen and oxygen atoms in total. The van der Waals surface area contributed by atoms with E-state index in [1.807, 2.05) is 60.7 Å². The average Bonchev–Trinajstić information content (AvgIpc) is 2.93. The number of amidine groups is 1. The van der Waals surface area contributed by atoms with Gasteiger partial charge in [0.2, 0.25) is 11.8 Å². The molecule has 2 unspecified atom stereocenters. The predicted molar refractivity (Wildman–Crippen MR) is 148 cm³/mol. The number of hydrogen-bond donors (Lipinski definition) is 6. The van der Waals surface area contributed by atoms with E-state index in [0.717, 1.165) is 16.7 Å². The zero-order chi connectivity index (χ0) is 26.5. The molecule has 3 rings (SSSR count). The fourth-order valence-corrected chi connectivity index (χ4v) is 4.41. The second kappa shape index (κ2) is 14.8. The fourth-order valence-electron chi connectivity index (χ4n) is 3.58. The van der Waals surface area contributed by atoms with Crippen LogP contribution >= 0.6 is 11.9 Å². The van der Waals surface area contributed by atoms with Gasteiger partial charge < -0.3 is 21.5 Å². The minimum atomic E-state index is -0.861. The van der Waals surface area contributed by atoms with Crippen molar-refractivity contribution >= 4 is 29.6 Å². The molecule has 0 aromatic heterocycles. The highest BCUT2D eigenvalue weighted by Crippen LogP contribution is 2.11. The summed E-state index contributed by atoms with van der Waals surface area (Å²) in [5.41, 5.74) is 9.10. The molecule has 194 valence electrons. The van der Waals surface area contributed by atoms with Crippen molar-refractivity contribution in [1.82, 2.24) is 15.4 Å². The van der Waals surface area contributed by atoms with Crippen LogP contribution in [0, 0.1) is 5.41 Å². The molecule has 2 amide bonds. The van der Waals surface area contributed by atoms with E-state index in [9.17, 15) is 14.7 Å². The van der Waals surface area contributed by atoms with Crippen molar-refractivity contribution in [2.75, 3.05) is 6.61 Å². The first kappa shape index (κ1) is 27.9. The van der Waals surface area contributed by atoms with Gasteiger partial charge in [-0.05, 0) is 29.5 Å². The van der Waals surface area contributed by atoms with Crippen LogP contribution in [-0.4, -0.2) is 41.4 Å². The van der Waals surface area contributed by atoms with Gasteiger partial charge in [-0.1, -0.05) is 96.9 Å². The summed E-state index contributed by atoms with van der Waals surface area (Å²) in [6, 6.07) is 25.0. The number of hydrogen-bond acceptors (Lipinski definition) is 6. The number of rotatable bonds is 14. The maximum absolute atomic E-state index is 13.1. The van der Waals surface area contributed by atoms with E-state index < -0.39 is 24.6 Å². The van der Waals surface area contributed by atoms with E-state index in [2.05, 4.69) is 15.4 Å². The van der Waals surface area contributed by atoms with Gasteiger partial charge >= 0.3 is 0 Å². The van der Waals surface area contributed by atoms with Crippen LogP contribution in [0.1, 0.15) is 28.7 Å². The van der Waals surface area contributed by atoms with Gasteiger partial charge in [0.15, 0.2) is 0 Å². The van der Waals surface area contributed by atoms with Gasteiger partial charge in [-0.3, -0.25) is 15.0 Å². The molecular formula is C28H33N5O3S. The first-order chi connectivity index (χ1) is 18.0. The molecule has 37 heavy (non-hydrogen) atoms. The predicted octanol–water partition coefficient (Wildman–Crippen LogP) is 2.50. The Bertz CT molecular complexity index is 1140. The summed E-state index contributed by atoms with van der Waals surface area (Å²) in [5, 5.41) is 23.0. The zero-order valence-electron chi connectivity index (χ0n) is 20.5. The van der Waals surface area contributed by atoms with Gasteiger partial charge in [-0.25, -0.2) is 4.72 Å². The summed E-state index contributed by atoms with van der Waals surface area (Å²) in [5.74, 6) is -0.144. The van der Waals surface area contributed by atoms with Gasteiger partial charge in [0.05, 0.1) is 6.61 Å². The molecule has 0 aliphatic carbocycles. The Morgan fingerprint density at radius 1 is 0.838 bits per heavy atom. The van der Waals surface area contributed by atoms with E-state index in [1.165, 1.54) is 11.9 Å². The van der Waals surface area contributed by atoms with Crippen LogP contribution in [0.3, 0.4) is 0 Å². The van der Waals surface area contributed by atoms with Crippen molar-refractivity contribution in [3.05, 3.63) is 107 Å². The summed E-state index contributed by atoms with van der Waals surface area (Å²) < 4.78 is 3.00. The number of carbonyl (C=O) groups excluding carboxylic acids is 2.